The molecule has 0 aliphatic rings. The summed E-state index contributed by atoms with van der Waals surface area (Å²) in [6.45, 7) is 22.7. The van der Waals surface area contributed by atoms with Gasteiger partial charge in [-0.1, -0.05) is 64.1 Å². The topological polar surface area (TPSA) is 36.9 Å². The predicted molar refractivity (Wildman–Crippen MR) is 249 cm³/mol. The second kappa shape index (κ2) is 19.2. The summed E-state index contributed by atoms with van der Waals surface area (Å²) in [6.07, 6.45) is -9.26. The normalized spacial score (nSPS) is 13.0. The molecule has 0 saturated carbocycles. The summed E-state index contributed by atoms with van der Waals surface area (Å²) in [7, 11) is -4.57. The van der Waals surface area contributed by atoms with E-state index >= 15 is 0 Å². The third-order valence-corrected chi connectivity index (χ3v) is 13.4. The number of halogens is 6. The van der Waals surface area contributed by atoms with Crippen LogP contribution in [0.25, 0.3) is 11.1 Å². The Kier molecular flexibility index (Phi) is 14.5. The summed E-state index contributed by atoms with van der Waals surface area (Å²) in [5.74, 6) is 1.73. The van der Waals surface area contributed by atoms with Gasteiger partial charge in [0.25, 0.3) is 0 Å². The van der Waals surface area contributed by atoms with Crippen molar-refractivity contribution in [2.45, 2.75) is 107 Å². The van der Waals surface area contributed by atoms with Gasteiger partial charge in [-0.05, 0) is 184 Å². The predicted octanol–water partition coefficient (Wildman–Crippen LogP) is 16.3. The van der Waals surface area contributed by atoms with E-state index < -0.39 is 40.2 Å². The summed E-state index contributed by atoms with van der Waals surface area (Å²) in [4.78, 5) is 0. The van der Waals surface area contributed by atoms with Crippen LogP contribution >= 0.6 is 16.8 Å². The Bertz CT molecular complexity index is 2490. The summed E-state index contributed by atoms with van der Waals surface area (Å²) in [5, 5.41) is 0.439. The minimum absolute atomic E-state index is 0.0245. The molecule has 0 saturated heterocycles. The molecule has 4 nitrogen and oxygen atoms in total. The van der Waals surface area contributed by atoms with Gasteiger partial charge in [-0.2, -0.15) is 26.3 Å². The van der Waals surface area contributed by atoms with Gasteiger partial charge in [0, 0.05) is 11.1 Å². The van der Waals surface area contributed by atoms with Crippen LogP contribution in [0.2, 0.25) is 0 Å². The standard InChI is InChI=1S/C52H54F6O4P2/c1-29(2)43-15-13-31(5)25-47(43)59-63(41-21-35(9)19-39(27-41)51(53,54)55)61-49-37(11)17-33(7)23-45(49)46-24-34(8)18-38(12)50(46)62-64(42-22-36(10)20-40(28-42)52(56,57)58)60-48-26-32(6)14-16-44(48)30(3)4/h13-30H,1-12H3. The maximum Gasteiger partial charge on any atom is 0.416 e. The van der Waals surface area contributed by atoms with Gasteiger partial charge in [-0.15, -0.1) is 0 Å². The van der Waals surface area contributed by atoms with Gasteiger partial charge in [0.1, 0.15) is 23.0 Å². The highest BCUT2D eigenvalue weighted by molar-refractivity contribution is 7.57. The van der Waals surface area contributed by atoms with E-state index in [2.05, 4.69) is 0 Å². The monoisotopic (exact) mass is 918 g/mol. The molecule has 12 heteroatoms. The number of alkyl halides is 6. The van der Waals surface area contributed by atoms with Crippen LogP contribution in [0.15, 0.2) is 97.1 Å². The van der Waals surface area contributed by atoms with Crippen molar-refractivity contribution in [2.75, 3.05) is 0 Å². The van der Waals surface area contributed by atoms with Gasteiger partial charge in [0.15, 0.2) is 0 Å². The quantitative estimate of drug-likeness (QED) is 0.0854. The van der Waals surface area contributed by atoms with Crippen molar-refractivity contribution in [3.8, 4) is 34.1 Å². The first-order valence-corrected chi connectivity index (χ1v) is 23.4. The molecule has 0 amide bonds. The van der Waals surface area contributed by atoms with Gasteiger partial charge in [-0.25, -0.2) is 0 Å². The molecule has 64 heavy (non-hydrogen) atoms. The van der Waals surface area contributed by atoms with Crippen molar-refractivity contribution >= 4 is 27.4 Å². The lowest BCUT2D eigenvalue weighted by Crippen LogP contribution is -2.17. The minimum atomic E-state index is -4.63. The number of benzene rings is 6. The van der Waals surface area contributed by atoms with E-state index in [4.69, 9.17) is 18.1 Å². The average Bonchev–Trinajstić information content (AvgIpc) is 3.17. The largest absolute Gasteiger partial charge is 0.435 e. The lowest BCUT2D eigenvalue weighted by molar-refractivity contribution is -0.138. The van der Waals surface area contributed by atoms with Crippen LogP contribution in [-0.4, -0.2) is 0 Å². The number of hydrogen-bond acceptors (Lipinski definition) is 4. The van der Waals surface area contributed by atoms with Crippen molar-refractivity contribution in [3.05, 3.63) is 164 Å². The Labute approximate surface area is 375 Å². The van der Waals surface area contributed by atoms with Crippen LogP contribution in [0.4, 0.5) is 26.3 Å². The highest BCUT2D eigenvalue weighted by atomic mass is 31.2. The van der Waals surface area contributed by atoms with Crippen LogP contribution in [0.3, 0.4) is 0 Å². The Morgan fingerprint density at radius 3 is 1.06 bits per heavy atom. The molecule has 338 valence electrons. The molecule has 0 fully saturated rings. The van der Waals surface area contributed by atoms with Gasteiger partial charge >= 0.3 is 29.1 Å². The molecule has 0 spiro atoms. The zero-order chi connectivity index (χ0) is 47.0. The molecule has 0 aromatic heterocycles. The van der Waals surface area contributed by atoms with E-state index in [9.17, 15) is 26.3 Å². The van der Waals surface area contributed by atoms with Crippen LogP contribution in [-0.2, 0) is 12.4 Å². The minimum Gasteiger partial charge on any atom is -0.435 e. The van der Waals surface area contributed by atoms with E-state index in [1.54, 1.807) is 26.0 Å². The highest BCUT2D eigenvalue weighted by Crippen LogP contribution is 2.52. The van der Waals surface area contributed by atoms with Crippen molar-refractivity contribution in [2.24, 2.45) is 0 Å². The van der Waals surface area contributed by atoms with E-state index in [0.717, 1.165) is 57.6 Å². The Balaban J connectivity index is 1.57. The Morgan fingerprint density at radius 2 is 0.734 bits per heavy atom. The summed E-state index contributed by atoms with van der Waals surface area (Å²) in [5.41, 5.74) is 6.85. The molecule has 6 rings (SSSR count). The summed E-state index contributed by atoms with van der Waals surface area (Å²) in [6, 6.07) is 26.9. The molecule has 6 aromatic rings. The first kappa shape index (κ1) is 48.4. The van der Waals surface area contributed by atoms with Gasteiger partial charge < -0.3 is 18.1 Å². The second-order valence-electron chi connectivity index (χ2n) is 17.3. The molecular formula is C52H54F6O4P2. The summed E-state index contributed by atoms with van der Waals surface area (Å²) >= 11 is 0. The Hall–Kier alpha value is -5.04. The third-order valence-electron chi connectivity index (χ3n) is 10.6. The number of rotatable bonds is 13. The smallest absolute Gasteiger partial charge is 0.416 e. The van der Waals surface area contributed by atoms with E-state index in [1.807, 2.05) is 130 Å². The fourth-order valence-corrected chi connectivity index (χ4v) is 10.7. The van der Waals surface area contributed by atoms with Crippen LogP contribution in [0.1, 0.15) is 106 Å². The van der Waals surface area contributed by atoms with Gasteiger partial charge in [0.2, 0.25) is 0 Å². The zero-order valence-electron chi connectivity index (χ0n) is 38.2. The van der Waals surface area contributed by atoms with E-state index in [-0.39, 0.29) is 22.4 Å². The fraction of sp³-hybridized carbons (Fsp3) is 0.308. The lowest BCUT2D eigenvalue weighted by Gasteiger charge is -2.27. The second-order valence-corrected chi connectivity index (χ2v) is 20.1. The fourth-order valence-electron chi connectivity index (χ4n) is 7.60. The maximum absolute atomic E-state index is 14.4. The number of aryl methyl sites for hydroxylation is 8. The molecule has 0 N–H and O–H groups in total. The highest BCUT2D eigenvalue weighted by Gasteiger charge is 2.35. The van der Waals surface area contributed by atoms with Crippen LogP contribution < -0.4 is 28.7 Å². The maximum atomic E-state index is 14.4. The van der Waals surface area contributed by atoms with Crippen molar-refractivity contribution in [3.63, 3.8) is 0 Å². The third kappa shape index (κ3) is 11.4. The van der Waals surface area contributed by atoms with Gasteiger partial charge in [-0.3, -0.25) is 0 Å². The average molecular weight is 919 g/mol. The first-order valence-electron chi connectivity index (χ1n) is 21.0. The lowest BCUT2D eigenvalue weighted by atomic mass is 9.95. The first-order chi connectivity index (χ1) is 29.9. The summed E-state index contributed by atoms with van der Waals surface area (Å²) < 4.78 is 114. The molecule has 2 unspecified atom stereocenters. The Morgan fingerprint density at radius 1 is 0.391 bits per heavy atom. The molecule has 0 bridgehead atoms. The molecule has 6 aromatic carbocycles. The van der Waals surface area contributed by atoms with Crippen LogP contribution in [0.5, 0.6) is 23.0 Å². The van der Waals surface area contributed by atoms with Crippen LogP contribution in [0, 0.1) is 55.4 Å². The molecule has 0 radical (unpaired) electrons. The molecule has 0 heterocycles. The molecular weight excluding hydrogens is 865 g/mol. The molecule has 0 aliphatic carbocycles. The molecule has 0 aliphatic heterocycles. The van der Waals surface area contributed by atoms with E-state index in [1.165, 1.54) is 0 Å². The zero-order valence-corrected chi connectivity index (χ0v) is 40.0. The SMILES string of the molecule is Cc1cc(P(Oc2cc(C)ccc2C(C)C)Oc2c(C)cc(C)cc2-c2cc(C)cc(C)c2OP(Oc2cc(C)ccc2C(C)C)c2cc(C)cc(C(F)(F)F)c2)cc(C(F)(F)F)c1. The van der Waals surface area contributed by atoms with E-state index in [0.29, 0.717) is 56.4 Å². The molecule has 2 atom stereocenters. The van der Waals surface area contributed by atoms with Crippen molar-refractivity contribution in [1.29, 1.82) is 0 Å². The van der Waals surface area contributed by atoms with Crippen molar-refractivity contribution < 1.29 is 44.4 Å². The van der Waals surface area contributed by atoms with Crippen molar-refractivity contribution in [1.82, 2.24) is 0 Å². The number of hydrogen-bond donors (Lipinski definition) is 0. The van der Waals surface area contributed by atoms with Gasteiger partial charge in [0.05, 0.1) is 21.7 Å².